The highest BCUT2D eigenvalue weighted by Gasteiger charge is 2.23. The van der Waals surface area contributed by atoms with E-state index in [-0.39, 0.29) is 5.91 Å². The number of methoxy groups -OCH3 is 1. The minimum atomic E-state index is -0.130. The van der Waals surface area contributed by atoms with E-state index < -0.39 is 0 Å². The van der Waals surface area contributed by atoms with Crippen LogP contribution in [0.25, 0.3) is 0 Å². The molecular weight excluding hydrogens is 358 g/mol. The van der Waals surface area contributed by atoms with Crippen LogP contribution in [-0.2, 0) is 11.2 Å². The van der Waals surface area contributed by atoms with E-state index in [1.54, 1.807) is 23.0 Å². The van der Waals surface area contributed by atoms with Gasteiger partial charge in [0.25, 0.3) is 5.91 Å². The number of ether oxygens (including phenoxy) is 1. The average Bonchev–Trinajstić information content (AvgIpc) is 2.73. The van der Waals surface area contributed by atoms with Crippen LogP contribution in [0, 0.1) is 6.92 Å². The summed E-state index contributed by atoms with van der Waals surface area (Å²) >= 11 is 0. The summed E-state index contributed by atoms with van der Waals surface area (Å²) in [5.41, 5.74) is 2.28. The van der Waals surface area contributed by atoms with Gasteiger partial charge in [-0.25, -0.2) is 9.97 Å². The maximum Gasteiger partial charge on any atom is 0.272 e. The van der Waals surface area contributed by atoms with Gasteiger partial charge in [0.1, 0.15) is 11.4 Å². The molecule has 0 atom stereocenters. The van der Waals surface area contributed by atoms with Crippen LogP contribution in [0.15, 0.2) is 30.3 Å². The van der Waals surface area contributed by atoms with Gasteiger partial charge in [0.15, 0.2) is 0 Å². The molecule has 1 aromatic heterocycles. The van der Waals surface area contributed by atoms with Crippen molar-refractivity contribution in [1.29, 1.82) is 0 Å². The standard InChI is InChI=1S/C20H25N5O3/c1-15-13-18(19(27)25-11-9-24(14-26)10-12-25)23-20(22-15)21-8-7-16-3-5-17(28-2)6-4-16/h3-6,13-14H,7-12H2,1-2H3,(H,21,22,23). The zero-order chi connectivity index (χ0) is 19.9. The predicted molar refractivity (Wildman–Crippen MR) is 105 cm³/mol. The zero-order valence-electron chi connectivity index (χ0n) is 16.2. The third-order valence-corrected chi connectivity index (χ3v) is 4.68. The van der Waals surface area contributed by atoms with Crippen LogP contribution in [0.5, 0.6) is 5.75 Å². The summed E-state index contributed by atoms with van der Waals surface area (Å²) in [6, 6.07) is 9.60. The van der Waals surface area contributed by atoms with Crippen molar-refractivity contribution < 1.29 is 14.3 Å². The summed E-state index contributed by atoms with van der Waals surface area (Å²) in [5.74, 6) is 1.15. The van der Waals surface area contributed by atoms with Gasteiger partial charge in [0.05, 0.1) is 7.11 Å². The minimum Gasteiger partial charge on any atom is -0.497 e. The number of aromatic nitrogens is 2. The molecule has 1 saturated heterocycles. The van der Waals surface area contributed by atoms with Gasteiger partial charge in [0, 0.05) is 38.4 Å². The summed E-state index contributed by atoms with van der Waals surface area (Å²) in [6.45, 7) is 4.62. The van der Waals surface area contributed by atoms with Gasteiger partial charge in [-0.05, 0) is 37.1 Å². The fourth-order valence-corrected chi connectivity index (χ4v) is 3.06. The number of rotatable bonds is 7. The van der Waals surface area contributed by atoms with Crippen molar-refractivity contribution in [2.75, 3.05) is 45.2 Å². The molecule has 0 saturated carbocycles. The highest BCUT2D eigenvalue weighted by Crippen LogP contribution is 2.13. The first kappa shape index (κ1) is 19.6. The van der Waals surface area contributed by atoms with Crippen LogP contribution < -0.4 is 10.1 Å². The highest BCUT2D eigenvalue weighted by molar-refractivity contribution is 5.92. The first-order valence-corrected chi connectivity index (χ1v) is 9.30. The van der Waals surface area contributed by atoms with E-state index in [0.29, 0.717) is 44.4 Å². The lowest BCUT2D eigenvalue weighted by Gasteiger charge is -2.32. The Kier molecular flexibility index (Phi) is 6.41. The molecule has 2 heterocycles. The molecule has 8 heteroatoms. The second-order valence-electron chi connectivity index (χ2n) is 6.68. The lowest BCUT2D eigenvalue weighted by atomic mass is 10.1. The number of anilines is 1. The molecule has 1 fully saturated rings. The maximum absolute atomic E-state index is 12.7. The molecule has 8 nitrogen and oxygen atoms in total. The Morgan fingerprint density at radius 3 is 2.54 bits per heavy atom. The predicted octanol–water partition coefficient (Wildman–Crippen LogP) is 1.36. The van der Waals surface area contributed by atoms with Gasteiger partial charge in [0.2, 0.25) is 12.4 Å². The van der Waals surface area contributed by atoms with Crippen LogP contribution in [0.2, 0.25) is 0 Å². The molecule has 0 bridgehead atoms. The summed E-state index contributed by atoms with van der Waals surface area (Å²) in [6.07, 6.45) is 1.62. The average molecular weight is 383 g/mol. The number of nitrogens with zero attached hydrogens (tertiary/aromatic N) is 4. The fraction of sp³-hybridized carbons (Fsp3) is 0.400. The molecule has 2 amide bonds. The normalized spacial score (nSPS) is 13.9. The Morgan fingerprint density at radius 2 is 1.89 bits per heavy atom. The van der Waals surface area contributed by atoms with E-state index in [1.807, 2.05) is 31.2 Å². The Hall–Kier alpha value is -3.16. The number of benzene rings is 1. The third-order valence-electron chi connectivity index (χ3n) is 4.68. The van der Waals surface area contributed by atoms with Crippen molar-refractivity contribution in [3.63, 3.8) is 0 Å². The molecule has 0 spiro atoms. The molecule has 1 aliphatic heterocycles. The number of hydrogen-bond acceptors (Lipinski definition) is 6. The quantitative estimate of drug-likeness (QED) is 0.727. The van der Waals surface area contributed by atoms with Crippen molar-refractivity contribution in [3.8, 4) is 5.75 Å². The van der Waals surface area contributed by atoms with Gasteiger partial charge >= 0.3 is 0 Å². The van der Waals surface area contributed by atoms with Gasteiger partial charge in [-0.3, -0.25) is 9.59 Å². The number of nitrogens with one attached hydrogen (secondary N) is 1. The van der Waals surface area contributed by atoms with Crippen molar-refractivity contribution in [2.24, 2.45) is 0 Å². The summed E-state index contributed by atoms with van der Waals surface area (Å²) in [7, 11) is 1.65. The number of carbonyl (C=O) groups is 2. The van der Waals surface area contributed by atoms with Crippen molar-refractivity contribution in [3.05, 3.63) is 47.3 Å². The molecule has 148 valence electrons. The van der Waals surface area contributed by atoms with Crippen molar-refractivity contribution >= 4 is 18.3 Å². The molecule has 2 aromatic rings. The van der Waals surface area contributed by atoms with Crippen LogP contribution >= 0.6 is 0 Å². The van der Waals surface area contributed by atoms with E-state index in [9.17, 15) is 9.59 Å². The Balaban J connectivity index is 1.59. The number of carbonyl (C=O) groups excluding carboxylic acids is 2. The van der Waals surface area contributed by atoms with Crippen molar-refractivity contribution in [1.82, 2.24) is 19.8 Å². The zero-order valence-corrected chi connectivity index (χ0v) is 16.2. The lowest BCUT2D eigenvalue weighted by Crippen LogP contribution is -2.48. The molecule has 3 rings (SSSR count). The monoisotopic (exact) mass is 383 g/mol. The number of amides is 2. The topological polar surface area (TPSA) is 87.7 Å². The maximum atomic E-state index is 12.7. The molecule has 0 unspecified atom stereocenters. The summed E-state index contributed by atoms with van der Waals surface area (Å²) in [4.78, 5) is 35.7. The summed E-state index contributed by atoms with van der Waals surface area (Å²) < 4.78 is 5.16. The van der Waals surface area contributed by atoms with Crippen LogP contribution in [0.3, 0.4) is 0 Å². The van der Waals surface area contributed by atoms with E-state index >= 15 is 0 Å². The SMILES string of the molecule is COc1ccc(CCNc2nc(C)cc(C(=O)N3CCN(C=O)CC3)n2)cc1. The Labute approximate surface area is 164 Å². The van der Waals surface area contributed by atoms with E-state index in [0.717, 1.165) is 24.3 Å². The molecular formula is C20H25N5O3. The second kappa shape index (κ2) is 9.16. The first-order valence-electron chi connectivity index (χ1n) is 9.30. The van der Waals surface area contributed by atoms with Gasteiger partial charge in [-0.1, -0.05) is 12.1 Å². The number of hydrogen-bond donors (Lipinski definition) is 1. The molecule has 0 radical (unpaired) electrons. The Bertz CT molecular complexity index is 817. The number of aryl methyl sites for hydroxylation is 1. The largest absolute Gasteiger partial charge is 0.497 e. The second-order valence-corrected chi connectivity index (χ2v) is 6.68. The van der Waals surface area contributed by atoms with Gasteiger partial charge in [-0.2, -0.15) is 0 Å². The van der Waals surface area contributed by atoms with Gasteiger partial charge < -0.3 is 19.9 Å². The lowest BCUT2D eigenvalue weighted by molar-refractivity contribution is -0.119. The first-order chi connectivity index (χ1) is 13.6. The van der Waals surface area contributed by atoms with Crippen LogP contribution in [-0.4, -0.2) is 71.9 Å². The fourth-order valence-electron chi connectivity index (χ4n) is 3.06. The van der Waals surface area contributed by atoms with Crippen LogP contribution in [0.1, 0.15) is 21.7 Å². The van der Waals surface area contributed by atoms with E-state index in [4.69, 9.17) is 4.74 Å². The van der Waals surface area contributed by atoms with Crippen LogP contribution in [0.4, 0.5) is 5.95 Å². The van der Waals surface area contributed by atoms with E-state index in [1.165, 1.54) is 5.56 Å². The third kappa shape index (κ3) is 4.97. The molecule has 1 aromatic carbocycles. The molecule has 1 N–H and O–H groups in total. The van der Waals surface area contributed by atoms with E-state index in [2.05, 4.69) is 15.3 Å². The molecule has 1 aliphatic rings. The number of piperazine rings is 1. The summed E-state index contributed by atoms with van der Waals surface area (Å²) in [5, 5.41) is 3.20. The van der Waals surface area contributed by atoms with Gasteiger partial charge in [-0.15, -0.1) is 0 Å². The molecule has 0 aliphatic carbocycles. The molecule has 28 heavy (non-hydrogen) atoms. The van der Waals surface area contributed by atoms with Crippen molar-refractivity contribution in [2.45, 2.75) is 13.3 Å². The highest BCUT2D eigenvalue weighted by atomic mass is 16.5. The minimum absolute atomic E-state index is 0.130. The Morgan fingerprint density at radius 1 is 1.18 bits per heavy atom. The smallest absolute Gasteiger partial charge is 0.272 e.